The van der Waals surface area contributed by atoms with Gasteiger partial charge in [-0.1, -0.05) is 37.8 Å². The van der Waals surface area contributed by atoms with Gasteiger partial charge in [-0.15, -0.1) is 0 Å². The monoisotopic (exact) mass is 290 g/mol. The predicted octanol–water partition coefficient (Wildman–Crippen LogP) is 3.93. The average Bonchev–Trinajstić information content (AvgIpc) is 2.51. The summed E-state index contributed by atoms with van der Waals surface area (Å²) >= 11 is 0. The molecule has 1 aromatic rings. The highest BCUT2D eigenvalue weighted by Gasteiger charge is 2.30. The molecule has 1 aliphatic carbocycles. The van der Waals surface area contributed by atoms with E-state index in [9.17, 15) is 4.39 Å². The van der Waals surface area contributed by atoms with E-state index >= 15 is 0 Å². The highest BCUT2D eigenvalue weighted by molar-refractivity contribution is 5.30. The molecule has 0 bridgehead atoms. The van der Waals surface area contributed by atoms with Gasteiger partial charge in [-0.05, 0) is 50.4 Å². The molecule has 2 fully saturated rings. The van der Waals surface area contributed by atoms with E-state index < -0.39 is 0 Å². The number of halogens is 1. The number of nitrogens with zero attached hydrogens (tertiary/aromatic N) is 1. The fourth-order valence-electron chi connectivity index (χ4n) is 3.82. The van der Waals surface area contributed by atoms with Gasteiger partial charge in [0.1, 0.15) is 5.82 Å². The molecule has 0 unspecified atom stereocenters. The van der Waals surface area contributed by atoms with Crippen molar-refractivity contribution in [3.8, 4) is 0 Å². The molecule has 2 nitrogen and oxygen atoms in total. The molecule has 0 aromatic heterocycles. The Balaban J connectivity index is 1.72. The highest BCUT2D eigenvalue weighted by Crippen LogP contribution is 2.35. The standard InChI is InChI=1S/C18H27FN2/c19-17-13-16(18(20)9-3-1-4-10-18)8-7-15(17)14-21-11-5-2-6-12-21/h7-8,13H,1-6,9-12,14,20H2. The van der Waals surface area contributed by atoms with Crippen LogP contribution in [0.15, 0.2) is 18.2 Å². The minimum atomic E-state index is -0.303. The van der Waals surface area contributed by atoms with Crippen molar-refractivity contribution in [2.24, 2.45) is 5.73 Å². The summed E-state index contributed by atoms with van der Waals surface area (Å²) in [6.07, 6.45) is 9.34. The second-order valence-corrected chi connectivity index (χ2v) is 6.86. The Labute approximate surface area is 127 Å². The van der Waals surface area contributed by atoms with Crippen LogP contribution in [0.5, 0.6) is 0 Å². The zero-order valence-corrected chi connectivity index (χ0v) is 12.9. The topological polar surface area (TPSA) is 29.3 Å². The van der Waals surface area contributed by atoms with E-state index in [-0.39, 0.29) is 11.4 Å². The first kappa shape index (κ1) is 15.0. The summed E-state index contributed by atoms with van der Waals surface area (Å²) in [6.45, 7) is 2.94. The maximum absolute atomic E-state index is 14.4. The lowest BCUT2D eigenvalue weighted by atomic mass is 9.77. The van der Waals surface area contributed by atoms with Crippen LogP contribution in [0.1, 0.15) is 62.5 Å². The van der Waals surface area contributed by atoms with Crippen molar-refractivity contribution in [1.82, 2.24) is 4.90 Å². The third-order valence-electron chi connectivity index (χ3n) is 5.22. The van der Waals surface area contributed by atoms with Gasteiger partial charge >= 0.3 is 0 Å². The predicted molar refractivity (Wildman–Crippen MR) is 84.5 cm³/mol. The molecule has 1 heterocycles. The molecule has 1 aliphatic heterocycles. The van der Waals surface area contributed by atoms with Gasteiger partial charge in [0.15, 0.2) is 0 Å². The van der Waals surface area contributed by atoms with Crippen molar-refractivity contribution in [1.29, 1.82) is 0 Å². The largest absolute Gasteiger partial charge is 0.321 e. The van der Waals surface area contributed by atoms with Crippen LogP contribution in [0.4, 0.5) is 4.39 Å². The maximum atomic E-state index is 14.4. The van der Waals surface area contributed by atoms with Crippen LogP contribution in [0.25, 0.3) is 0 Å². The molecule has 3 heteroatoms. The summed E-state index contributed by atoms with van der Waals surface area (Å²) in [6, 6.07) is 5.72. The molecule has 2 N–H and O–H groups in total. The Morgan fingerprint density at radius 2 is 1.67 bits per heavy atom. The number of benzene rings is 1. The molecule has 2 aliphatic rings. The van der Waals surface area contributed by atoms with Crippen LogP contribution in [0, 0.1) is 5.82 Å². The van der Waals surface area contributed by atoms with E-state index in [0.717, 1.165) is 56.4 Å². The van der Waals surface area contributed by atoms with Gasteiger partial charge in [0, 0.05) is 17.6 Å². The SMILES string of the molecule is NC1(c2ccc(CN3CCCCC3)c(F)c2)CCCCC1. The molecule has 1 saturated carbocycles. The summed E-state index contributed by atoms with van der Waals surface area (Å²) in [7, 11) is 0. The zero-order chi connectivity index (χ0) is 14.7. The van der Waals surface area contributed by atoms with Gasteiger partial charge in [0.25, 0.3) is 0 Å². The summed E-state index contributed by atoms with van der Waals surface area (Å²) in [5.74, 6) is -0.0755. The van der Waals surface area contributed by atoms with Crippen LogP contribution in [-0.4, -0.2) is 18.0 Å². The fraction of sp³-hybridized carbons (Fsp3) is 0.667. The quantitative estimate of drug-likeness (QED) is 0.914. The first-order valence-electron chi connectivity index (χ1n) is 8.48. The Kier molecular flexibility index (Phi) is 4.60. The Morgan fingerprint density at radius 1 is 1.00 bits per heavy atom. The van der Waals surface area contributed by atoms with Gasteiger partial charge in [-0.25, -0.2) is 4.39 Å². The van der Waals surface area contributed by atoms with Crippen molar-refractivity contribution in [3.63, 3.8) is 0 Å². The van der Waals surface area contributed by atoms with Gasteiger partial charge in [-0.3, -0.25) is 4.90 Å². The van der Waals surface area contributed by atoms with Gasteiger partial charge in [0.2, 0.25) is 0 Å². The van der Waals surface area contributed by atoms with E-state index in [2.05, 4.69) is 11.0 Å². The number of hydrogen-bond acceptors (Lipinski definition) is 2. The first-order chi connectivity index (χ1) is 10.2. The van der Waals surface area contributed by atoms with Crippen molar-refractivity contribution < 1.29 is 4.39 Å². The Hall–Kier alpha value is -0.930. The normalized spacial score (nSPS) is 23.1. The minimum absolute atomic E-state index is 0.0755. The summed E-state index contributed by atoms with van der Waals surface area (Å²) in [5.41, 5.74) is 8.01. The third-order valence-corrected chi connectivity index (χ3v) is 5.22. The van der Waals surface area contributed by atoms with Crippen molar-refractivity contribution >= 4 is 0 Å². The second kappa shape index (κ2) is 6.45. The fourth-order valence-corrected chi connectivity index (χ4v) is 3.82. The third kappa shape index (κ3) is 3.46. The molecule has 0 atom stereocenters. The summed E-state index contributed by atoms with van der Waals surface area (Å²) in [4.78, 5) is 2.36. The maximum Gasteiger partial charge on any atom is 0.128 e. The van der Waals surface area contributed by atoms with E-state index in [0.29, 0.717) is 0 Å². The van der Waals surface area contributed by atoms with Gasteiger partial charge in [-0.2, -0.15) is 0 Å². The van der Waals surface area contributed by atoms with Crippen molar-refractivity contribution in [3.05, 3.63) is 35.1 Å². The lowest BCUT2D eigenvalue weighted by Gasteiger charge is -2.34. The van der Waals surface area contributed by atoms with Crippen LogP contribution >= 0.6 is 0 Å². The summed E-state index contributed by atoms with van der Waals surface area (Å²) < 4.78 is 14.4. The number of rotatable bonds is 3. The average molecular weight is 290 g/mol. The molecule has 1 saturated heterocycles. The molecule has 0 spiro atoms. The minimum Gasteiger partial charge on any atom is -0.321 e. The second-order valence-electron chi connectivity index (χ2n) is 6.86. The molecule has 0 amide bonds. The van der Waals surface area contributed by atoms with Crippen LogP contribution in [0.3, 0.4) is 0 Å². The first-order valence-corrected chi connectivity index (χ1v) is 8.48. The molecular formula is C18H27FN2. The molecular weight excluding hydrogens is 263 g/mol. The molecule has 21 heavy (non-hydrogen) atoms. The van der Waals surface area contributed by atoms with Crippen LogP contribution in [0.2, 0.25) is 0 Å². The van der Waals surface area contributed by atoms with Gasteiger partial charge < -0.3 is 5.73 Å². The van der Waals surface area contributed by atoms with E-state index in [1.54, 1.807) is 6.07 Å². The van der Waals surface area contributed by atoms with Gasteiger partial charge in [0.05, 0.1) is 0 Å². The molecule has 3 rings (SSSR count). The molecule has 0 radical (unpaired) electrons. The number of nitrogens with two attached hydrogens (primary N) is 1. The Morgan fingerprint density at radius 3 is 2.33 bits per heavy atom. The van der Waals surface area contributed by atoms with Crippen molar-refractivity contribution in [2.45, 2.75) is 63.5 Å². The number of hydrogen-bond donors (Lipinski definition) is 1. The molecule has 1 aromatic carbocycles. The lowest BCUT2D eigenvalue weighted by Crippen LogP contribution is -2.38. The number of likely N-dealkylation sites (tertiary alicyclic amines) is 1. The Bertz CT molecular complexity index is 474. The van der Waals surface area contributed by atoms with Crippen LogP contribution in [-0.2, 0) is 12.1 Å². The van der Waals surface area contributed by atoms with E-state index in [1.165, 1.54) is 25.7 Å². The molecule has 116 valence electrons. The number of piperidine rings is 1. The lowest BCUT2D eigenvalue weighted by molar-refractivity contribution is 0.218. The van der Waals surface area contributed by atoms with Crippen LogP contribution < -0.4 is 5.73 Å². The zero-order valence-electron chi connectivity index (χ0n) is 12.9. The smallest absolute Gasteiger partial charge is 0.128 e. The summed E-state index contributed by atoms with van der Waals surface area (Å²) in [5, 5.41) is 0. The van der Waals surface area contributed by atoms with Crippen molar-refractivity contribution in [2.75, 3.05) is 13.1 Å². The van der Waals surface area contributed by atoms with E-state index in [4.69, 9.17) is 5.73 Å². The van der Waals surface area contributed by atoms with E-state index in [1.807, 2.05) is 6.07 Å². The highest BCUT2D eigenvalue weighted by atomic mass is 19.1.